The Morgan fingerprint density at radius 1 is 1.67 bits per heavy atom. The van der Waals surface area contributed by atoms with E-state index in [0.29, 0.717) is 11.3 Å². The van der Waals surface area contributed by atoms with Crippen molar-refractivity contribution in [1.29, 1.82) is 5.26 Å². The third-order valence-corrected chi connectivity index (χ3v) is 1.55. The van der Waals surface area contributed by atoms with Crippen molar-refractivity contribution < 1.29 is 4.79 Å². The summed E-state index contributed by atoms with van der Waals surface area (Å²) in [6.07, 6.45) is 0. The second-order valence-corrected chi connectivity index (χ2v) is 2.63. The SMILES string of the molecule is N#Cc1cccc(NC(=O)CN=[N+]=[N-])c1. The van der Waals surface area contributed by atoms with Crippen molar-refractivity contribution in [2.75, 3.05) is 11.9 Å². The molecule has 0 bridgehead atoms. The van der Waals surface area contributed by atoms with Crippen LogP contribution < -0.4 is 5.32 Å². The van der Waals surface area contributed by atoms with Crippen LogP contribution in [0.15, 0.2) is 29.4 Å². The van der Waals surface area contributed by atoms with Gasteiger partial charge in [0, 0.05) is 10.6 Å². The van der Waals surface area contributed by atoms with Crippen LogP contribution in [0, 0.1) is 11.3 Å². The van der Waals surface area contributed by atoms with Crippen LogP contribution in [0.1, 0.15) is 5.56 Å². The maximum atomic E-state index is 11.1. The molecule has 6 nitrogen and oxygen atoms in total. The number of nitrogens with zero attached hydrogens (tertiary/aromatic N) is 4. The highest BCUT2D eigenvalue weighted by atomic mass is 16.1. The van der Waals surface area contributed by atoms with Crippen molar-refractivity contribution in [3.63, 3.8) is 0 Å². The first kappa shape index (κ1) is 10.6. The summed E-state index contributed by atoms with van der Waals surface area (Å²) in [7, 11) is 0. The molecule has 0 heterocycles. The van der Waals surface area contributed by atoms with Crippen LogP contribution in [0.4, 0.5) is 5.69 Å². The van der Waals surface area contributed by atoms with Gasteiger partial charge < -0.3 is 5.32 Å². The molecule has 1 aromatic carbocycles. The van der Waals surface area contributed by atoms with Crippen molar-refractivity contribution in [3.8, 4) is 6.07 Å². The summed E-state index contributed by atoms with van der Waals surface area (Å²) in [4.78, 5) is 13.6. The number of carbonyl (C=O) groups excluding carboxylic acids is 1. The summed E-state index contributed by atoms with van der Waals surface area (Å²) in [6.45, 7) is -0.257. The fourth-order valence-electron chi connectivity index (χ4n) is 0.963. The molecule has 0 radical (unpaired) electrons. The zero-order valence-electron chi connectivity index (χ0n) is 7.71. The molecule has 1 rings (SSSR count). The van der Waals surface area contributed by atoms with Crippen LogP contribution in [0.2, 0.25) is 0 Å². The molecule has 0 saturated carbocycles. The van der Waals surface area contributed by atoms with Crippen molar-refractivity contribution >= 4 is 11.6 Å². The number of azide groups is 1. The Bertz CT molecular complexity index is 456. The molecule has 0 saturated heterocycles. The standard InChI is InChI=1S/C9H7N5O/c10-5-7-2-1-3-8(4-7)13-9(15)6-12-14-11/h1-4H,6H2,(H,13,15). The van der Waals surface area contributed by atoms with E-state index in [1.165, 1.54) is 6.07 Å². The van der Waals surface area contributed by atoms with Gasteiger partial charge in [0.2, 0.25) is 5.91 Å². The molecule has 0 aromatic heterocycles. The fraction of sp³-hybridized carbons (Fsp3) is 0.111. The smallest absolute Gasteiger partial charge is 0.230 e. The Morgan fingerprint density at radius 2 is 2.47 bits per heavy atom. The Hall–Kier alpha value is -2.51. The quantitative estimate of drug-likeness (QED) is 0.457. The lowest BCUT2D eigenvalue weighted by Crippen LogP contribution is -2.14. The van der Waals surface area contributed by atoms with Crippen LogP contribution in [-0.2, 0) is 4.79 Å². The molecule has 0 unspecified atom stereocenters. The zero-order valence-corrected chi connectivity index (χ0v) is 7.71. The minimum absolute atomic E-state index is 0.257. The predicted octanol–water partition coefficient (Wildman–Crippen LogP) is 1.81. The number of nitriles is 1. The number of amides is 1. The molecule has 15 heavy (non-hydrogen) atoms. The van der Waals surface area contributed by atoms with E-state index in [-0.39, 0.29) is 6.54 Å². The fourth-order valence-corrected chi connectivity index (χ4v) is 0.963. The maximum Gasteiger partial charge on any atom is 0.230 e. The van der Waals surface area contributed by atoms with Gasteiger partial charge in [-0.2, -0.15) is 5.26 Å². The molecule has 74 valence electrons. The summed E-state index contributed by atoms with van der Waals surface area (Å²) >= 11 is 0. The average molecular weight is 201 g/mol. The molecule has 0 spiro atoms. The van der Waals surface area contributed by atoms with E-state index in [1.807, 2.05) is 6.07 Å². The number of anilines is 1. The Kier molecular flexibility index (Phi) is 3.71. The lowest BCUT2D eigenvalue weighted by molar-refractivity contribution is -0.114. The second-order valence-electron chi connectivity index (χ2n) is 2.63. The number of nitrogens with one attached hydrogen (secondary N) is 1. The second kappa shape index (κ2) is 5.27. The molecule has 6 heteroatoms. The van der Waals surface area contributed by atoms with Gasteiger partial charge in [-0.25, -0.2) is 0 Å². The van der Waals surface area contributed by atoms with E-state index in [9.17, 15) is 4.79 Å². The van der Waals surface area contributed by atoms with Gasteiger partial charge in [-0.15, -0.1) is 0 Å². The van der Waals surface area contributed by atoms with E-state index in [0.717, 1.165) is 0 Å². The lowest BCUT2D eigenvalue weighted by atomic mass is 10.2. The largest absolute Gasteiger partial charge is 0.326 e. The summed E-state index contributed by atoms with van der Waals surface area (Å²) < 4.78 is 0. The number of hydrogen-bond acceptors (Lipinski definition) is 3. The van der Waals surface area contributed by atoms with Crippen LogP contribution in [0.3, 0.4) is 0 Å². The summed E-state index contributed by atoms with van der Waals surface area (Å²) in [5, 5.41) is 14.2. The van der Waals surface area contributed by atoms with Crippen molar-refractivity contribution in [2.24, 2.45) is 5.11 Å². The Balaban J connectivity index is 2.68. The van der Waals surface area contributed by atoms with Gasteiger partial charge in [0.1, 0.15) is 6.54 Å². The van der Waals surface area contributed by atoms with E-state index in [1.54, 1.807) is 18.2 Å². The van der Waals surface area contributed by atoms with E-state index in [4.69, 9.17) is 10.8 Å². The van der Waals surface area contributed by atoms with Gasteiger partial charge in [0.25, 0.3) is 0 Å². The first-order chi connectivity index (χ1) is 7.26. The number of carbonyl (C=O) groups is 1. The third-order valence-electron chi connectivity index (χ3n) is 1.55. The third kappa shape index (κ3) is 3.38. The molecular weight excluding hydrogens is 194 g/mol. The van der Waals surface area contributed by atoms with Crippen LogP contribution >= 0.6 is 0 Å². The van der Waals surface area contributed by atoms with E-state index in [2.05, 4.69) is 15.3 Å². The van der Waals surface area contributed by atoms with E-state index >= 15 is 0 Å². The molecule has 1 aromatic rings. The number of rotatable bonds is 3. The Labute approximate surface area is 85.8 Å². The molecule has 0 aliphatic rings. The minimum Gasteiger partial charge on any atom is -0.326 e. The highest BCUT2D eigenvalue weighted by Crippen LogP contribution is 2.09. The molecule has 0 atom stereocenters. The minimum atomic E-state index is -0.414. The Morgan fingerprint density at radius 3 is 3.13 bits per heavy atom. The highest BCUT2D eigenvalue weighted by molar-refractivity contribution is 5.92. The predicted molar refractivity (Wildman–Crippen MR) is 53.8 cm³/mol. The molecule has 0 aliphatic heterocycles. The van der Waals surface area contributed by atoms with Crippen LogP contribution in [0.5, 0.6) is 0 Å². The summed E-state index contributed by atoms with van der Waals surface area (Å²) in [6, 6.07) is 8.42. The van der Waals surface area contributed by atoms with Crippen LogP contribution in [-0.4, -0.2) is 12.5 Å². The van der Waals surface area contributed by atoms with Gasteiger partial charge in [-0.05, 0) is 23.7 Å². The van der Waals surface area contributed by atoms with Crippen molar-refractivity contribution in [3.05, 3.63) is 40.3 Å². The molecule has 0 aliphatic carbocycles. The average Bonchev–Trinajstić information content (AvgIpc) is 2.26. The number of benzene rings is 1. The van der Waals surface area contributed by atoms with Gasteiger partial charge >= 0.3 is 0 Å². The van der Waals surface area contributed by atoms with Crippen molar-refractivity contribution in [2.45, 2.75) is 0 Å². The van der Waals surface area contributed by atoms with Gasteiger partial charge in [-0.3, -0.25) is 4.79 Å². The van der Waals surface area contributed by atoms with Gasteiger partial charge in [-0.1, -0.05) is 11.2 Å². The maximum absolute atomic E-state index is 11.1. The van der Waals surface area contributed by atoms with E-state index < -0.39 is 5.91 Å². The number of hydrogen-bond donors (Lipinski definition) is 1. The highest BCUT2D eigenvalue weighted by Gasteiger charge is 2.00. The topological polar surface area (TPSA) is 102 Å². The monoisotopic (exact) mass is 201 g/mol. The lowest BCUT2D eigenvalue weighted by Gasteiger charge is -2.02. The molecule has 0 fully saturated rings. The van der Waals surface area contributed by atoms with Gasteiger partial charge in [0.05, 0.1) is 11.6 Å². The summed E-state index contributed by atoms with van der Waals surface area (Å²) in [5.74, 6) is -0.414. The van der Waals surface area contributed by atoms with Crippen molar-refractivity contribution in [1.82, 2.24) is 0 Å². The van der Waals surface area contributed by atoms with Gasteiger partial charge in [0.15, 0.2) is 0 Å². The first-order valence-corrected chi connectivity index (χ1v) is 4.07. The van der Waals surface area contributed by atoms with Crippen LogP contribution in [0.25, 0.3) is 10.4 Å². The zero-order chi connectivity index (χ0) is 11.1. The first-order valence-electron chi connectivity index (χ1n) is 4.07. The molecular formula is C9H7N5O. The molecule has 1 N–H and O–H groups in total. The normalized spacial score (nSPS) is 8.47. The summed E-state index contributed by atoms with van der Waals surface area (Å²) in [5.41, 5.74) is 8.96. The molecule has 1 amide bonds.